The van der Waals surface area contributed by atoms with E-state index in [0.29, 0.717) is 10.7 Å². The van der Waals surface area contributed by atoms with E-state index < -0.39 is 0 Å². The number of hydrogen-bond donors (Lipinski definition) is 1. The van der Waals surface area contributed by atoms with Crippen molar-refractivity contribution < 1.29 is 4.90 Å². The van der Waals surface area contributed by atoms with Crippen LogP contribution >= 0.6 is 23.2 Å². The lowest BCUT2D eigenvalue weighted by atomic mass is 9.97. The third-order valence-corrected chi connectivity index (χ3v) is 4.47. The highest BCUT2D eigenvalue weighted by molar-refractivity contribution is 6.33. The summed E-state index contributed by atoms with van der Waals surface area (Å²) in [5.41, 5.74) is 3.72. The molecule has 1 aromatic heterocycles. The van der Waals surface area contributed by atoms with Crippen molar-refractivity contribution in [1.82, 2.24) is 4.98 Å². The fourth-order valence-corrected chi connectivity index (χ4v) is 3.40. The summed E-state index contributed by atoms with van der Waals surface area (Å²) in [5, 5.41) is 9.89. The van der Waals surface area contributed by atoms with E-state index in [2.05, 4.69) is 35.3 Å². The third kappa shape index (κ3) is 2.89. The third-order valence-electron chi connectivity index (χ3n) is 3.88. The van der Waals surface area contributed by atoms with Crippen molar-refractivity contribution in [3.63, 3.8) is 0 Å². The predicted octanol–water partition coefficient (Wildman–Crippen LogP) is 2.40. The first kappa shape index (κ1) is 14.3. The molecule has 3 nitrogen and oxygen atoms in total. The summed E-state index contributed by atoms with van der Waals surface area (Å²) in [4.78, 5) is 5.51. The lowest BCUT2D eigenvalue weighted by molar-refractivity contribution is -0.929. The second-order valence-electron chi connectivity index (χ2n) is 5.23. The molecule has 1 unspecified atom stereocenters. The number of pyridine rings is 1. The molecule has 2 aromatic rings. The number of halogens is 2. The summed E-state index contributed by atoms with van der Waals surface area (Å²) < 4.78 is 0. The van der Waals surface area contributed by atoms with Gasteiger partial charge in [0.1, 0.15) is 29.5 Å². The predicted molar refractivity (Wildman–Crippen MR) is 82.4 cm³/mol. The number of nitrogens with one attached hydrogen (secondary N) is 1. The number of quaternary nitrogens is 1. The molecular formula is C16H14Cl2N3+. The summed E-state index contributed by atoms with van der Waals surface area (Å²) in [6.07, 6.45) is 0.808. The van der Waals surface area contributed by atoms with Crippen LogP contribution in [0.2, 0.25) is 10.3 Å². The molecule has 5 heteroatoms. The maximum atomic E-state index is 9.24. The fraction of sp³-hybridized carbons (Fsp3) is 0.250. The molecule has 0 fully saturated rings. The molecule has 1 aliphatic rings. The average Bonchev–Trinajstić information content (AvgIpc) is 2.49. The molecule has 106 valence electrons. The maximum absolute atomic E-state index is 9.24. The number of benzene rings is 1. The normalized spacial score (nSPS) is 17.1. The molecule has 0 saturated heterocycles. The highest BCUT2D eigenvalue weighted by Gasteiger charge is 2.26. The van der Waals surface area contributed by atoms with Crippen molar-refractivity contribution in [2.45, 2.75) is 19.5 Å². The van der Waals surface area contributed by atoms with E-state index in [0.717, 1.165) is 37.2 Å². The minimum absolute atomic E-state index is 0.216. The molecule has 21 heavy (non-hydrogen) atoms. The van der Waals surface area contributed by atoms with Gasteiger partial charge in [0.15, 0.2) is 0 Å². The van der Waals surface area contributed by atoms with Crippen molar-refractivity contribution in [3.05, 3.63) is 62.9 Å². The van der Waals surface area contributed by atoms with Crippen LogP contribution in [0.1, 0.15) is 22.3 Å². The van der Waals surface area contributed by atoms with Gasteiger partial charge in [-0.25, -0.2) is 4.98 Å². The topological polar surface area (TPSA) is 41.1 Å². The molecular weight excluding hydrogens is 305 g/mol. The van der Waals surface area contributed by atoms with Gasteiger partial charge in [-0.3, -0.25) is 0 Å². The Hall–Kier alpha value is -1.60. The highest BCUT2D eigenvalue weighted by Crippen LogP contribution is 2.27. The number of fused-ring (bicyclic) bond motifs is 1. The molecule has 0 aliphatic carbocycles. The first-order valence-electron chi connectivity index (χ1n) is 6.83. The highest BCUT2D eigenvalue weighted by atomic mass is 35.5. The van der Waals surface area contributed by atoms with Gasteiger partial charge in [0.2, 0.25) is 0 Å². The Morgan fingerprint density at radius 3 is 2.62 bits per heavy atom. The Labute approximate surface area is 133 Å². The van der Waals surface area contributed by atoms with Gasteiger partial charge >= 0.3 is 0 Å². The second kappa shape index (κ2) is 6.03. The zero-order valence-electron chi connectivity index (χ0n) is 11.4. The van der Waals surface area contributed by atoms with Gasteiger partial charge < -0.3 is 4.90 Å². The molecule has 2 heterocycles. The van der Waals surface area contributed by atoms with Crippen LogP contribution in [0, 0.1) is 11.3 Å². The Kier molecular flexibility index (Phi) is 4.12. The van der Waals surface area contributed by atoms with Gasteiger partial charge in [0.25, 0.3) is 0 Å². The van der Waals surface area contributed by atoms with Crippen molar-refractivity contribution in [2.75, 3.05) is 6.54 Å². The number of nitriles is 1. The summed E-state index contributed by atoms with van der Waals surface area (Å²) in [6.45, 7) is 2.69. The number of rotatable bonds is 2. The minimum atomic E-state index is 0.216. The largest absolute Gasteiger partial charge is 0.327 e. The van der Waals surface area contributed by atoms with Gasteiger partial charge in [-0.15, -0.1) is 0 Å². The molecule has 1 atom stereocenters. The van der Waals surface area contributed by atoms with Gasteiger partial charge in [-0.1, -0.05) is 53.5 Å². The van der Waals surface area contributed by atoms with Crippen LogP contribution in [0.5, 0.6) is 0 Å². The SMILES string of the molecule is N#Cc1c(Cl)nc(Cl)c2c1CC[NH+](Cc1ccccc1)C2. The molecule has 1 aromatic carbocycles. The standard InChI is InChI=1S/C16H13Cl2N3/c17-15-13(8-19)12-6-7-21(10-14(12)16(18)20-15)9-11-4-2-1-3-5-11/h1-5H,6-7,9-10H2/p+1. The molecule has 1 aliphatic heterocycles. The van der Waals surface area contributed by atoms with Crippen LogP contribution in [0.15, 0.2) is 30.3 Å². The van der Waals surface area contributed by atoms with E-state index in [1.54, 1.807) is 0 Å². The van der Waals surface area contributed by atoms with Crippen molar-refractivity contribution in [2.24, 2.45) is 0 Å². The van der Waals surface area contributed by atoms with E-state index in [9.17, 15) is 5.26 Å². The summed E-state index contributed by atoms with van der Waals surface area (Å²) in [7, 11) is 0. The zero-order chi connectivity index (χ0) is 14.8. The Morgan fingerprint density at radius 1 is 1.14 bits per heavy atom. The smallest absolute Gasteiger partial charge is 0.148 e. The molecule has 0 amide bonds. The van der Waals surface area contributed by atoms with Crippen molar-refractivity contribution in [1.29, 1.82) is 5.26 Å². The van der Waals surface area contributed by atoms with Crippen LogP contribution in [-0.4, -0.2) is 11.5 Å². The van der Waals surface area contributed by atoms with E-state index >= 15 is 0 Å². The Bertz CT molecular complexity index is 708. The Morgan fingerprint density at radius 2 is 1.90 bits per heavy atom. The fourth-order valence-electron chi connectivity index (χ4n) is 2.85. The van der Waals surface area contributed by atoms with E-state index in [1.807, 2.05) is 6.07 Å². The van der Waals surface area contributed by atoms with Gasteiger partial charge in [-0.2, -0.15) is 5.26 Å². The Balaban J connectivity index is 1.88. The summed E-state index contributed by atoms with van der Waals surface area (Å²) in [6, 6.07) is 12.5. The van der Waals surface area contributed by atoms with E-state index in [4.69, 9.17) is 23.2 Å². The minimum Gasteiger partial charge on any atom is -0.327 e. The molecule has 0 bridgehead atoms. The molecule has 0 spiro atoms. The molecule has 3 rings (SSSR count). The lowest BCUT2D eigenvalue weighted by Gasteiger charge is -2.27. The number of nitrogens with zero attached hydrogens (tertiary/aromatic N) is 2. The summed E-state index contributed by atoms with van der Waals surface area (Å²) in [5.74, 6) is 0. The molecule has 0 saturated carbocycles. The van der Waals surface area contributed by atoms with Gasteiger partial charge in [-0.05, 0) is 5.56 Å². The van der Waals surface area contributed by atoms with Crippen molar-refractivity contribution in [3.8, 4) is 6.07 Å². The lowest BCUT2D eigenvalue weighted by Crippen LogP contribution is -3.10. The van der Waals surface area contributed by atoms with Crippen LogP contribution in [0.25, 0.3) is 0 Å². The van der Waals surface area contributed by atoms with Crippen LogP contribution in [0.3, 0.4) is 0 Å². The zero-order valence-corrected chi connectivity index (χ0v) is 12.9. The molecule has 0 radical (unpaired) electrons. The number of hydrogen-bond acceptors (Lipinski definition) is 2. The van der Waals surface area contributed by atoms with E-state index in [1.165, 1.54) is 10.5 Å². The van der Waals surface area contributed by atoms with E-state index in [-0.39, 0.29) is 5.15 Å². The van der Waals surface area contributed by atoms with Crippen molar-refractivity contribution >= 4 is 23.2 Å². The second-order valence-corrected chi connectivity index (χ2v) is 5.94. The van der Waals surface area contributed by atoms with Crippen LogP contribution in [-0.2, 0) is 19.5 Å². The molecule has 1 N–H and O–H groups in total. The maximum Gasteiger partial charge on any atom is 0.148 e. The quantitative estimate of drug-likeness (QED) is 0.864. The van der Waals surface area contributed by atoms with Crippen LogP contribution in [0.4, 0.5) is 0 Å². The number of aromatic nitrogens is 1. The summed E-state index contributed by atoms with van der Waals surface area (Å²) >= 11 is 12.2. The first-order chi connectivity index (χ1) is 10.2. The van der Waals surface area contributed by atoms with Gasteiger partial charge in [0, 0.05) is 17.5 Å². The first-order valence-corrected chi connectivity index (χ1v) is 7.59. The average molecular weight is 319 g/mol. The van der Waals surface area contributed by atoms with Gasteiger partial charge in [0.05, 0.1) is 12.1 Å². The van der Waals surface area contributed by atoms with Crippen LogP contribution < -0.4 is 4.90 Å². The monoisotopic (exact) mass is 318 g/mol.